The van der Waals surface area contributed by atoms with Crippen LogP contribution in [0.5, 0.6) is 0 Å². The quantitative estimate of drug-likeness (QED) is 0.723. The topological polar surface area (TPSA) is 34.9 Å². The number of Topliss-reactive ketones (excluding diaryl/α,β-unsaturated/α-hetero) is 1. The summed E-state index contributed by atoms with van der Waals surface area (Å²) < 4.78 is 1.80. The maximum absolute atomic E-state index is 11.9. The second-order valence-electron chi connectivity index (χ2n) is 4.19. The highest BCUT2D eigenvalue weighted by molar-refractivity contribution is 6.07. The number of rotatable bonds is 2. The molecule has 0 aliphatic carbocycles. The van der Waals surface area contributed by atoms with E-state index in [4.69, 9.17) is 0 Å². The number of carbonyl (C=O) groups excluding carboxylic acids is 1. The van der Waals surface area contributed by atoms with Crippen LogP contribution >= 0.6 is 0 Å². The van der Waals surface area contributed by atoms with Crippen LogP contribution in [0.15, 0.2) is 12.1 Å². The molecule has 0 atom stereocenters. The average molecular weight is 216 g/mol. The summed E-state index contributed by atoms with van der Waals surface area (Å²) >= 11 is 0. The first kappa shape index (κ1) is 10.9. The van der Waals surface area contributed by atoms with Crippen LogP contribution in [0.25, 0.3) is 10.9 Å². The van der Waals surface area contributed by atoms with Gasteiger partial charge in [-0.2, -0.15) is 5.10 Å². The van der Waals surface area contributed by atoms with Gasteiger partial charge >= 0.3 is 0 Å². The van der Waals surface area contributed by atoms with Gasteiger partial charge < -0.3 is 0 Å². The Morgan fingerprint density at radius 2 is 2.06 bits per heavy atom. The van der Waals surface area contributed by atoms with Gasteiger partial charge in [-0.3, -0.25) is 9.48 Å². The van der Waals surface area contributed by atoms with Crippen LogP contribution in [-0.2, 0) is 7.05 Å². The zero-order chi connectivity index (χ0) is 11.9. The van der Waals surface area contributed by atoms with E-state index in [2.05, 4.69) is 11.2 Å². The molecule has 0 amide bonds. The van der Waals surface area contributed by atoms with E-state index in [1.54, 1.807) is 4.68 Å². The van der Waals surface area contributed by atoms with E-state index in [9.17, 15) is 4.79 Å². The first-order valence-electron chi connectivity index (χ1n) is 5.51. The number of hydrogen-bond donors (Lipinski definition) is 0. The lowest BCUT2D eigenvalue weighted by atomic mass is 10.0. The van der Waals surface area contributed by atoms with Crippen molar-refractivity contribution in [2.24, 2.45) is 7.05 Å². The highest BCUT2D eigenvalue weighted by atomic mass is 16.1. The van der Waals surface area contributed by atoms with Crippen molar-refractivity contribution in [1.29, 1.82) is 0 Å². The van der Waals surface area contributed by atoms with Crippen molar-refractivity contribution in [3.63, 3.8) is 0 Å². The van der Waals surface area contributed by atoms with Crippen molar-refractivity contribution in [3.8, 4) is 0 Å². The highest BCUT2D eigenvalue weighted by Gasteiger charge is 2.14. The number of benzene rings is 1. The minimum absolute atomic E-state index is 0.178. The van der Waals surface area contributed by atoms with Crippen LogP contribution in [0.4, 0.5) is 0 Å². The lowest BCUT2D eigenvalue weighted by Gasteiger charge is -2.04. The predicted octanol–water partition coefficient (Wildman–Crippen LogP) is 2.78. The molecular formula is C13H16N2O. The number of fused-ring (bicyclic) bond motifs is 1. The largest absolute Gasteiger partial charge is 0.294 e. The third kappa shape index (κ3) is 1.52. The lowest BCUT2D eigenvalue weighted by Crippen LogP contribution is -2.02. The van der Waals surface area contributed by atoms with Crippen molar-refractivity contribution in [2.75, 3.05) is 0 Å². The van der Waals surface area contributed by atoms with Crippen LogP contribution in [0.1, 0.15) is 35.0 Å². The maximum atomic E-state index is 11.9. The lowest BCUT2D eigenvalue weighted by molar-refractivity contribution is 0.0989. The van der Waals surface area contributed by atoms with Gasteiger partial charge in [-0.1, -0.05) is 6.92 Å². The number of ketones is 1. The van der Waals surface area contributed by atoms with Crippen molar-refractivity contribution >= 4 is 16.7 Å². The Balaban J connectivity index is 2.86. The molecule has 0 saturated heterocycles. The van der Waals surface area contributed by atoms with Gasteiger partial charge in [0.25, 0.3) is 0 Å². The number of nitrogens with zero attached hydrogens (tertiary/aromatic N) is 2. The van der Waals surface area contributed by atoms with Gasteiger partial charge in [0, 0.05) is 24.4 Å². The van der Waals surface area contributed by atoms with Crippen molar-refractivity contribution in [3.05, 3.63) is 29.0 Å². The van der Waals surface area contributed by atoms with Gasteiger partial charge in [-0.05, 0) is 31.5 Å². The fraction of sp³-hybridized carbons (Fsp3) is 0.385. The summed E-state index contributed by atoms with van der Waals surface area (Å²) in [7, 11) is 1.89. The van der Waals surface area contributed by atoms with Crippen molar-refractivity contribution < 1.29 is 4.79 Å². The van der Waals surface area contributed by atoms with Gasteiger partial charge in [-0.15, -0.1) is 0 Å². The summed E-state index contributed by atoms with van der Waals surface area (Å²) in [5.41, 5.74) is 3.84. The number of aryl methyl sites for hydroxylation is 3. The first-order chi connectivity index (χ1) is 7.54. The Bertz CT molecular complexity index is 567. The SMILES string of the molecule is CCC(=O)c1cc(C)cc2c(C)nn(C)c12. The molecule has 0 aliphatic heterocycles. The van der Waals surface area contributed by atoms with Crippen LogP contribution in [-0.4, -0.2) is 15.6 Å². The Labute approximate surface area is 95.1 Å². The molecule has 1 aromatic carbocycles. The molecule has 0 bridgehead atoms. The second kappa shape index (κ2) is 3.74. The Morgan fingerprint density at radius 1 is 1.38 bits per heavy atom. The number of hydrogen-bond acceptors (Lipinski definition) is 2. The molecule has 0 aliphatic rings. The third-order valence-corrected chi connectivity index (χ3v) is 2.89. The fourth-order valence-electron chi connectivity index (χ4n) is 2.14. The smallest absolute Gasteiger partial charge is 0.164 e. The molecule has 0 radical (unpaired) electrons. The molecule has 16 heavy (non-hydrogen) atoms. The van der Waals surface area contributed by atoms with E-state index in [0.29, 0.717) is 6.42 Å². The molecule has 3 nitrogen and oxygen atoms in total. The Hall–Kier alpha value is -1.64. The van der Waals surface area contributed by atoms with Crippen molar-refractivity contribution in [1.82, 2.24) is 9.78 Å². The molecule has 0 N–H and O–H groups in total. The van der Waals surface area contributed by atoms with Gasteiger partial charge in [0.1, 0.15) is 0 Å². The van der Waals surface area contributed by atoms with Crippen LogP contribution in [0.3, 0.4) is 0 Å². The molecule has 0 unspecified atom stereocenters. The average Bonchev–Trinajstić information content (AvgIpc) is 2.52. The minimum atomic E-state index is 0.178. The zero-order valence-corrected chi connectivity index (χ0v) is 10.2. The van der Waals surface area contributed by atoms with Gasteiger partial charge in [0.2, 0.25) is 0 Å². The zero-order valence-electron chi connectivity index (χ0n) is 10.2. The van der Waals surface area contributed by atoms with Gasteiger partial charge in [-0.25, -0.2) is 0 Å². The second-order valence-corrected chi connectivity index (χ2v) is 4.19. The Kier molecular flexibility index (Phi) is 2.54. The van der Waals surface area contributed by atoms with E-state index in [1.165, 1.54) is 0 Å². The molecule has 2 aromatic rings. The molecule has 1 heterocycles. The molecule has 3 heteroatoms. The first-order valence-corrected chi connectivity index (χ1v) is 5.51. The summed E-state index contributed by atoms with van der Waals surface area (Å²) in [6, 6.07) is 4.04. The summed E-state index contributed by atoms with van der Waals surface area (Å²) in [5, 5.41) is 5.46. The third-order valence-electron chi connectivity index (χ3n) is 2.89. The maximum Gasteiger partial charge on any atom is 0.164 e. The molecule has 1 aromatic heterocycles. The monoisotopic (exact) mass is 216 g/mol. The molecule has 0 spiro atoms. The summed E-state index contributed by atoms with van der Waals surface area (Å²) in [4.78, 5) is 11.9. The standard InChI is InChI=1S/C13H16N2O/c1-5-12(16)11-7-8(2)6-10-9(3)14-15(4)13(10)11/h6-7H,5H2,1-4H3. The summed E-state index contributed by atoms with van der Waals surface area (Å²) in [6.07, 6.45) is 0.531. The van der Waals surface area contributed by atoms with Gasteiger partial charge in [0.05, 0.1) is 11.2 Å². The highest BCUT2D eigenvalue weighted by Crippen LogP contribution is 2.24. The van der Waals surface area contributed by atoms with Crippen LogP contribution < -0.4 is 0 Å². The van der Waals surface area contributed by atoms with E-state index in [1.807, 2.05) is 33.9 Å². The molecule has 2 rings (SSSR count). The number of aromatic nitrogens is 2. The summed E-state index contributed by atoms with van der Waals surface area (Å²) in [6.45, 7) is 5.88. The minimum Gasteiger partial charge on any atom is -0.294 e. The molecule has 0 saturated carbocycles. The van der Waals surface area contributed by atoms with Crippen LogP contribution in [0.2, 0.25) is 0 Å². The van der Waals surface area contributed by atoms with Gasteiger partial charge in [0.15, 0.2) is 5.78 Å². The normalized spacial score (nSPS) is 11.0. The van der Waals surface area contributed by atoms with Crippen molar-refractivity contribution in [2.45, 2.75) is 27.2 Å². The van der Waals surface area contributed by atoms with E-state index >= 15 is 0 Å². The molecular weight excluding hydrogens is 200 g/mol. The van der Waals surface area contributed by atoms with E-state index in [-0.39, 0.29) is 5.78 Å². The number of carbonyl (C=O) groups is 1. The molecule has 0 fully saturated rings. The molecule has 84 valence electrons. The Morgan fingerprint density at radius 3 is 2.69 bits per heavy atom. The van der Waals surface area contributed by atoms with E-state index < -0.39 is 0 Å². The fourth-order valence-corrected chi connectivity index (χ4v) is 2.14. The predicted molar refractivity (Wildman–Crippen MR) is 64.8 cm³/mol. The summed E-state index contributed by atoms with van der Waals surface area (Å²) in [5.74, 6) is 0.178. The van der Waals surface area contributed by atoms with Crippen LogP contribution in [0, 0.1) is 13.8 Å². The van der Waals surface area contributed by atoms with E-state index in [0.717, 1.165) is 27.7 Å².